The number of likely N-dealkylation sites (tertiary alicyclic amines) is 1. The van der Waals surface area contributed by atoms with Crippen LogP contribution < -0.4 is 5.32 Å². The maximum atomic E-state index is 12.8. The number of carbonyl (C=O) groups is 2. The van der Waals surface area contributed by atoms with Gasteiger partial charge in [-0.25, -0.2) is 0 Å². The molecule has 3 heterocycles. The van der Waals surface area contributed by atoms with Crippen LogP contribution in [0.1, 0.15) is 23.3 Å². The van der Waals surface area contributed by atoms with E-state index in [0.29, 0.717) is 19.5 Å². The highest BCUT2D eigenvalue weighted by molar-refractivity contribution is 7.09. The number of nitrogens with one attached hydrogen (secondary N) is 2. The SMILES string of the molecule is O=C(NCc1cccs1)C1CCCN(C(=O)Cc2c[nH]c3ccccc23)C1. The molecule has 5 nitrogen and oxygen atoms in total. The molecule has 1 aliphatic rings. The number of para-hydroxylation sites is 1. The largest absolute Gasteiger partial charge is 0.361 e. The zero-order valence-corrected chi connectivity index (χ0v) is 15.9. The van der Waals surface area contributed by atoms with Crippen LogP contribution in [0.5, 0.6) is 0 Å². The predicted molar refractivity (Wildman–Crippen MR) is 107 cm³/mol. The van der Waals surface area contributed by atoms with E-state index in [9.17, 15) is 9.59 Å². The second-order valence-electron chi connectivity index (χ2n) is 7.01. The molecule has 3 aromatic rings. The Morgan fingerprint density at radius 3 is 2.96 bits per heavy atom. The van der Waals surface area contributed by atoms with Crippen LogP contribution in [-0.2, 0) is 22.6 Å². The molecule has 6 heteroatoms. The maximum absolute atomic E-state index is 12.8. The van der Waals surface area contributed by atoms with Gasteiger partial charge in [0.25, 0.3) is 0 Å². The first-order chi connectivity index (χ1) is 13.2. The maximum Gasteiger partial charge on any atom is 0.227 e. The van der Waals surface area contributed by atoms with Crippen molar-refractivity contribution in [1.82, 2.24) is 15.2 Å². The van der Waals surface area contributed by atoms with Gasteiger partial charge in [-0.2, -0.15) is 0 Å². The molecule has 0 aliphatic carbocycles. The summed E-state index contributed by atoms with van der Waals surface area (Å²) in [7, 11) is 0. The molecule has 0 radical (unpaired) electrons. The first-order valence-corrected chi connectivity index (χ1v) is 10.2. The Bertz CT molecular complexity index is 932. The van der Waals surface area contributed by atoms with Gasteiger partial charge in [0.05, 0.1) is 18.9 Å². The minimum atomic E-state index is -0.120. The molecular formula is C21H23N3O2S. The lowest BCUT2D eigenvalue weighted by atomic mass is 9.96. The second kappa shape index (κ2) is 7.96. The number of rotatable bonds is 5. The van der Waals surface area contributed by atoms with E-state index in [1.165, 1.54) is 0 Å². The van der Waals surface area contributed by atoms with Crippen LogP contribution in [0.25, 0.3) is 10.9 Å². The van der Waals surface area contributed by atoms with Crippen molar-refractivity contribution < 1.29 is 9.59 Å². The van der Waals surface area contributed by atoms with Gasteiger partial charge in [0.1, 0.15) is 0 Å². The van der Waals surface area contributed by atoms with Gasteiger partial charge in [0.2, 0.25) is 11.8 Å². The van der Waals surface area contributed by atoms with Crippen LogP contribution in [0.2, 0.25) is 0 Å². The lowest BCUT2D eigenvalue weighted by Gasteiger charge is -2.32. The zero-order valence-electron chi connectivity index (χ0n) is 15.1. The number of piperidine rings is 1. The Kier molecular flexibility index (Phi) is 5.25. The summed E-state index contributed by atoms with van der Waals surface area (Å²) in [5, 5.41) is 6.11. The molecule has 2 amide bonds. The minimum absolute atomic E-state index is 0.0491. The first-order valence-electron chi connectivity index (χ1n) is 9.33. The van der Waals surface area contributed by atoms with Crippen LogP contribution in [0.3, 0.4) is 0 Å². The lowest BCUT2D eigenvalue weighted by molar-refractivity contribution is -0.135. The quantitative estimate of drug-likeness (QED) is 0.712. The molecule has 2 aromatic heterocycles. The molecule has 1 saturated heterocycles. The minimum Gasteiger partial charge on any atom is -0.361 e. The van der Waals surface area contributed by atoms with Gasteiger partial charge in [0, 0.05) is 35.1 Å². The monoisotopic (exact) mass is 381 g/mol. The Hall–Kier alpha value is -2.60. The number of amides is 2. The molecular weight excluding hydrogens is 358 g/mol. The van der Waals surface area contributed by atoms with Crippen molar-refractivity contribution >= 4 is 34.1 Å². The molecule has 0 bridgehead atoms. The first kappa shape index (κ1) is 17.8. The molecule has 4 rings (SSSR count). The van der Waals surface area contributed by atoms with Crippen molar-refractivity contribution in [3.8, 4) is 0 Å². The molecule has 1 atom stereocenters. The van der Waals surface area contributed by atoms with Crippen LogP contribution in [-0.4, -0.2) is 34.8 Å². The third-order valence-electron chi connectivity index (χ3n) is 5.18. The molecule has 1 aliphatic heterocycles. The molecule has 2 N–H and O–H groups in total. The summed E-state index contributed by atoms with van der Waals surface area (Å²) >= 11 is 1.64. The van der Waals surface area contributed by atoms with Gasteiger partial charge in [-0.1, -0.05) is 24.3 Å². The molecule has 1 aromatic carbocycles. The molecule has 1 unspecified atom stereocenters. The third kappa shape index (κ3) is 4.06. The van der Waals surface area contributed by atoms with Crippen molar-refractivity contribution in [3.63, 3.8) is 0 Å². The van der Waals surface area contributed by atoms with Crippen molar-refractivity contribution in [2.75, 3.05) is 13.1 Å². The third-order valence-corrected chi connectivity index (χ3v) is 6.05. The lowest BCUT2D eigenvalue weighted by Crippen LogP contribution is -2.45. The highest BCUT2D eigenvalue weighted by Gasteiger charge is 2.28. The number of hydrogen-bond donors (Lipinski definition) is 2. The second-order valence-corrected chi connectivity index (χ2v) is 8.04. The average Bonchev–Trinajstić information content (AvgIpc) is 3.36. The van der Waals surface area contributed by atoms with Crippen molar-refractivity contribution in [1.29, 1.82) is 0 Å². The Labute approximate surface area is 162 Å². The predicted octanol–water partition coefficient (Wildman–Crippen LogP) is 3.33. The van der Waals surface area contributed by atoms with E-state index in [4.69, 9.17) is 0 Å². The van der Waals surface area contributed by atoms with Gasteiger partial charge in [-0.15, -0.1) is 11.3 Å². The standard InChI is InChI=1S/C21H23N3O2S/c25-20(11-16-12-22-19-8-2-1-7-18(16)19)24-9-3-5-15(14-24)21(26)23-13-17-6-4-10-27-17/h1-2,4,6-8,10,12,15,22H,3,5,9,11,13-14H2,(H,23,26). The van der Waals surface area contributed by atoms with Crippen LogP contribution in [0, 0.1) is 5.92 Å². The van der Waals surface area contributed by atoms with Crippen molar-refractivity contribution in [3.05, 3.63) is 58.4 Å². The number of H-pyrrole nitrogens is 1. The Morgan fingerprint density at radius 1 is 1.22 bits per heavy atom. The summed E-state index contributed by atoms with van der Waals surface area (Å²) in [5.74, 6) is 0.0223. The van der Waals surface area contributed by atoms with E-state index in [2.05, 4.69) is 10.3 Å². The molecule has 0 spiro atoms. The number of thiophene rings is 1. The van der Waals surface area contributed by atoms with Crippen LogP contribution >= 0.6 is 11.3 Å². The number of fused-ring (bicyclic) bond motifs is 1. The fourth-order valence-electron chi connectivity index (χ4n) is 3.70. The van der Waals surface area contributed by atoms with E-state index >= 15 is 0 Å². The summed E-state index contributed by atoms with van der Waals surface area (Å²) in [6, 6.07) is 12.0. The molecule has 27 heavy (non-hydrogen) atoms. The van der Waals surface area contributed by atoms with Gasteiger partial charge in [-0.05, 0) is 35.9 Å². The normalized spacial score (nSPS) is 17.2. The molecule has 0 saturated carbocycles. The highest BCUT2D eigenvalue weighted by Crippen LogP contribution is 2.21. The molecule has 140 valence electrons. The summed E-state index contributed by atoms with van der Waals surface area (Å²) in [6.45, 7) is 1.81. The number of benzene rings is 1. The average molecular weight is 382 g/mol. The fourth-order valence-corrected chi connectivity index (χ4v) is 4.35. The number of hydrogen-bond acceptors (Lipinski definition) is 3. The highest BCUT2D eigenvalue weighted by atomic mass is 32.1. The summed E-state index contributed by atoms with van der Waals surface area (Å²) in [4.78, 5) is 31.5. The fraction of sp³-hybridized carbons (Fsp3) is 0.333. The van der Waals surface area contributed by atoms with Crippen LogP contribution in [0.4, 0.5) is 0 Å². The number of aromatic nitrogens is 1. The summed E-state index contributed by atoms with van der Waals surface area (Å²) < 4.78 is 0. The van der Waals surface area contributed by atoms with E-state index in [0.717, 1.165) is 40.7 Å². The van der Waals surface area contributed by atoms with E-state index in [1.807, 2.05) is 52.9 Å². The number of aromatic amines is 1. The molecule has 1 fully saturated rings. The smallest absolute Gasteiger partial charge is 0.227 e. The van der Waals surface area contributed by atoms with Gasteiger partial charge >= 0.3 is 0 Å². The van der Waals surface area contributed by atoms with Gasteiger partial charge < -0.3 is 15.2 Å². The Balaban J connectivity index is 1.35. The van der Waals surface area contributed by atoms with E-state index in [-0.39, 0.29) is 17.7 Å². The summed E-state index contributed by atoms with van der Waals surface area (Å²) in [6.07, 6.45) is 4.00. The van der Waals surface area contributed by atoms with Gasteiger partial charge in [-0.3, -0.25) is 9.59 Å². The zero-order chi connectivity index (χ0) is 18.6. The van der Waals surface area contributed by atoms with Crippen molar-refractivity contribution in [2.45, 2.75) is 25.8 Å². The van der Waals surface area contributed by atoms with E-state index in [1.54, 1.807) is 11.3 Å². The Morgan fingerprint density at radius 2 is 2.11 bits per heavy atom. The van der Waals surface area contributed by atoms with E-state index < -0.39 is 0 Å². The van der Waals surface area contributed by atoms with Crippen LogP contribution in [0.15, 0.2) is 48.0 Å². The summed E-state index contributed by atoms with van der Waals surface area (Å²) in [5.41, 5.74) is 2.06. The number of carbonyl (C=O) groups excluding carboxylic acids is 2. The van der Waals surface area contributed by atoms with Crippen molar-refractivity contribution in [2.24, 2.45) is 5.92 Å². The topological polar surface area (TPSA) is 65.2 Å². The van der Waals surface area contributed by atoms with Gasteiger partial charge in [0.15, 0.2) is 0 Å². The number of nitrogens with zero attached hydrogens (tertiary/aromatic N) is 1.